The quantitative estimate of drug-likeness (QED) is 0.293. The van der Waals surface area contributed by atoms with E-state index in [2.05, 4.69) is 34.6 Å². The molecule has 142 valence electrons. The van der Waals surface area contributed by atoms with Gasteiger partial charge in [0.2, 0.25) is 5.91 Å². The first kappa shape index (κ1) is 17.5. The van der Waals surface area contributed by atoms with E-state index in [0.717, 1.165) is 28.4 Å². The number of nitrogens with one attached hydrogen (secondary N) is 1. The first-order chi connectivity index (χ1) is 14.1. The van der Waals surface area contributed by atoms with Crippen molar-refractivity contribution < 1.29 is 9.72 Å². The first-order valence-electron chi connectivity index (χ1n) is 9.16. The van der Waals surface area contributed by atoms with E-state index >= 15 is 0 Å². The van der Waals surface area contributed by atoms with Gasteiger partial charge in [-0.1, -0.05) is 41.7 Å². The maximum absolute atomic E-state index is 12.3. The van der Waals surface area contributed by atoms with Gasteiger partial charge in [0.25, 0.3) is 5.69 Å². The van der Waals surface area contributed by atoms with Gasteiger partial charge in [0.1, 0.15) is 0 Å². The van der Waals surface area contributed by atoms with E-state index in [1.807, 2.05) is 0 Å². The van der Waals surface area contributed by atoms with Crippen LogP contribution in [-0.2, 0) is 17.6 Å². The highest BCUT2D eigenvalue weighted by Gasteiger charge is 2.18. The van der Waals surface area contributed by atoms with Crippen molar-refractivity contribution >= 4 is 55.1 Å². The highest BCUT2D eigenvalue weighted by atomic mass is 32.1. The predicted molar refractivity (Wildman–Crippen MR) is 115 cm³/mol. The zero-order valence-corrected chi connectivity index (χ0v) is 16.0. The van der Waals surface area contributed by atoms with E-state index in [0.29, 0.717) is 10.7 Å². The number of anilines is 1. The van der Waals surface area contributed by atoms with Crippen LogP contribution in [0.25, 0.3) is 27.1 Å². The lowest BCUT2D eigenvalue weighted by Crippen LogP contribution is -2.07. The van der Waals surface area contributed by atoms with E-state index in [4.69, 9.17) is 0 Å². The fourth-order valence-electron chi connectivity index (χ4n) is 3.82. The summed E-state index contributed by atoms with van der Waals surface area (Å²) in [5.74, 6) is -0.326. The van der Waals surface area contributed by atoms with Crippen LogP contribution in [0.2, 0.25) is 0 Å². The van der Waals surface area contributed by atoms with Gasteiger partial charge >= 0.3 is 0 Å². The Balaban J connectivity index is 1.41. The normalized spacial score (nSPS) is 12.8. The molecule has 1 N–H and O–H groups in total. The highest BCUT2D eigenvalue weighted by Crippen LogP contribution is 2.39. The lowest BCUT2D eigenvalue weighted by molar-refractivity contribution is -0.384. The van der Waals surface area contributed by atoms with Crippen molar-refractivity contribution in [3.63, 3.8) is 0 Å². The van der Waals surface area contributed by atoms with Gasteiger partial charge in [-0.05, 0) is 47.1 Å². The lowest BCUT2D eigenvalue weighted by atomic mass is 10.0. The largest absolute Gasteiger partial charge is 0.298 e. The molecule has 29 heavy (non-hydrogen) atoms. The van der Waals surface area contributed by atoms with Gasteiger partial charge in [-0.2, -0.15) is 0 Å². The number of rotatable bonds is 4. The fraction of sp³-hybridized carbons (Fsp3) is 0.0909. The molecular weight excluding hydrogens is 386 g/mol. The topological polar surface area (TPSA) is 85.1 Å². The zero-order valence-electron chi connectivity index (χ0n) is 15.2. The number of aromatic nitrogens is 1. The van der Waals surface area contributed by atoms with Crippen LogP contribution in [0, 0.1) is 10.1 Å². The van der Waals surface area contributed by atoms with Crippen molar-refractivity contribution in [3.05, 3.63) is 81.4 Å². The smallest absolute Gasteiger partial charge is 0.270 e. The minimum atomic E-state index is -0.461. The van der Waals surface area contributed by atoms with Gasteiger partial charge in [0.15, 0.2) is 5.13 Å². The number of amides is 1. The number of nitrogens with zero attached hydrogens (tertiary/aromatic N) is 2. The number of non-ortho nitro benzene ring substituents is 1. The molecule has 1 heterocycles. The van der Waals surface area contributed by atoms with E-state index in [1.165, 1.54) is 46.1 Å². The van der Waals surface area contributed by atoms with Crippen LogP contribution in [-0.4, -0.2) is 15.8 Å². The van der Waals surface area contributed by atoms with Gasteiger partial charge < -0.3 is 0 Å². The fourth-order valence-corrected chi connectivity index (χ4v) is 4.77. The molecule has 0 saturated carbocycles. The number of hydrogen-bond acceptors (Lipinski definition) is 5. The predicted octanol–water partition coefficient (Wildman–Crippen LogP) is 5.11. The van der Waals surface area contributed by atoms with Crippen LogP contribution in [0.15, 0.2) is 54.6 Å². The van der Waals surface area contributed by atoms with Crippen LogP contribution in [0.4, 0.5) is 10.8 Å². The number of aryl methyl sites for hydroxylation is 2. The average molecular weight is 401 g/mol. The number of nitro benzene ring substituents is 1. The molecule has 4 aromatic rings. The summed E-state index contributed by atoms with van der Waals surface area (Å²) in [6.45, 7) is 0. The summed E-state index contributed by atoms with van der Waals surface area (Å²) >= 11 is 1.45. The van der Waals surface area contributed by atoms with Crippen LogP contribution in [0.5, 0.6) is 0 Å². The van der Waals surface area contributed by atoms with Crippen LogP contribution < -0.4 is 5.32 Å². The lowest BCUT2D eigenvalue weighted by Gasteiger charge is -2.02. The summed E-state index contributed by atoms with van der Waals surface area (Å²) in [5.41, 5.74) is 4.19. The Labute approximate surface area is 169 Å². The molecule has 1 aromatic heterocycles. The molecule has 0 aliphatic heterocycles. The van der Waals surface area contributed by atoms with Gasteiger partial charge in [-0.3, -0.25) is 20.2 Å². The second kappa shape index (κ2) is 6.79. The summed E-state index contributed by atoms with van der Waals surface area (Å²) in [4.78, 5) is 27.4. The third kappa shape index (κ3) is 3.15. The molecule has 3 aromatic carbocycles. The minimum Gasteiger partial charge on any atom is -0.298 e. The Morgan fingerprint density at radius 1 is 1.14 bits per heavy atom. The van der Waals surface area contributed by atoms with Gasteiger partial charge in [-0.25, -0.2) is 4.98 Å². The Morgan fingerprint density at radius 3 is 2.83 bits per heavy atom. The second-order valence-corrected chi connectivity index (χ2v) is 7.95. The molecule has 0 saturated heterocycles. The molecule has 0 radical (unpaired) electrons. The van der Waals surface area contributed by atoms with Gasteiger partial charge in [-0.15, -0.1) is 0 Å². The molecule has 0 fully saturated rings. The van der Waals surface area contributed by atoms with Crippen molar-refractivity contribution in [3.8, 4) is 0 Å². The highest BCUT2D eigenvalue weighted by molar-refractivity contribution is 7.22. The molecule has 5 rings (SSSR count). The Morgan fingerprint density at radius 2 is 1.97 bits per heavy atom. The number of hydrogen-bond donors (Lipinski definition) is 1. The number of nitro groups is 1. The number of fused-ring (bicyclic) bond motifs is 2. The molecule has 6 nitrogen and oxygen atoms in total. The molecule has 1 aliphatic carbocycles. The molecule has 0 unspecified atom stereocenters. The van der Waals surface area contributed by atoms with Crippen LogP contribution >= 0.6 is 11.3 Å². The molecule has 0 bridgehead atoms. The molecular formula is C22H15N3O3S. The first-order valence-corrected chi connectivity index (χ1v) is 9.98. The van der Waals surface area contributed by atoms with Crippen LogP contribution in [0.1, 0.15) is 16.7 Å². The third-order valence-corrected chi connectivity index (χ3v) is 6.01. The summed E-state index contributed by atoms with van der Waals surface area (Å²) in [6.07, 6.45) is 5.01. The molecule has 0 spiro atoms. The maximum atomic E-state index is 12.3. The summed E-state index contributed by atoms with van der Waals surface area (Å²) in [5, 5.41) is 16.6. The van der Waals surface area contributed by atoms with Gasteiger partial charge in [0, 0.05) is 23.6 Å². The standard InChI is InChI=1S/C22H15N3O3S/c26-19(10-7-13-3-1-5-16(11-13)25(27)28)23-22-24-21-17-6-2-4-14-8-9-15(20(14)17)12-18(21)29-22/h1-7,10-12H,8-9H2,(H,23,24,26). The van der Waals surface area contributed by atoms with Crippen molar-refractivity contribution in [1.29, 1.82) is 0 Å². The van der Waals surface area contributed by atoms with E-state index in [-0.39, 0.29) is 11.6 Å². The van der Waals surface area contributed by atoms with Crippen molar-refractivity contribution in [2.45, 2.75) is 12.8 Å². The molecule has 0 atom stereocenters. The summed E-state index contributed by atoms with van der Waals surface area (Å²) < 4.78 is 1.06. The minimum absolute atomic E-state index is 0.0118. The average Bonchev–Trinajstić information content (AvgIpc) is 3.32. The molecule has 1 aliphatic rings. The number of thiazole rings is 1. The Kier molecular flexibility index (Phi) is 4.10. The summed E-state index contributed by atoms with van der Waals surface area (Å²) in [7, 11) is 0. The number of carbonyl (C=O) groups excluding carboxylic acids is 1. The van der Waals surface area contributed by atoms with Gasteiger partial charge in [0.05, 0.1) is 15.1 Å². The second-order valence-electron chi connectivity index (χ2n) is 6.92. The van der Waals surface area contributed by atoms with E-state index in [9.17, 15) is 14.9 Å². The summed E-state index contributed by atoms with van der Waals surface area (Å²) in [6, 6.07) is 14.6. The molecule has 1 amide bonds. The number of carbonyl (C=O) groups is 1. The van der Waals surface area contributed by atoms with Crippen molar-refractivity contribution in [2.75, 3.05) is 5.32 Å². The van der Waals surface area contributed by atoms with Crippen molar-refractivity contribution in [2.24, 2.45) is 0 Å². The third-order valence-electron chi connectivity index (χ3n) is 5.09. The maximum Gasteiger partial charge on any atom is 0.270 e. The van der Waals surface area contributed by atoms with E-state index in [1.54, 1.807) is 18.2 Å². The Hall–Kier alpha value is -3.58. The van der Waals surface area contributed by atoms with Crippen molar-refractivity contribution in [1.82, 2.24) is 4.98 Å². The number of benzene rings is 3. The monoisotopic (exact) mass is 401 g/mol. The SMILES string of the molecule is O=C(C=Cc1cccc([N+](=O)[O-])c1)Nc1nc2c(cc3c4c(cccc42)CC3)s1. The molecule has 7 heteroatoms. The van der Waals surface area contributed by atoms with E-state index < -0.39 is 4.92 Å². The zero-order chi connectivity index (χ0) is 20.0. The Bertz CT molecular complexity index is 1340. The van der Waals surface area contributed by atoms with Crippen LogP contribution in [0.3, 0.4) is 0 Å².